The molecule has 34 heavy (non-hydrogen) atoms. The maximum atomic E-state index is 12.6. The molecule has 0 fully saturated rings. The highest BCUT2D eigenvalue weighted by Crippen LogP contribution is 2.29. The summed E-state index contributed by atoms with van der Waals surface area (Å²) < 4.78 is 0. The van der Waals surface area contributed by atoms with E-state index in [1.54, 1.807) is 18.2 Å². The van der Waals surface area contributed by atoms with Crippen molar-refractivity contribution in [3.8, 4) is 0 Å². The van der Waals surface area contributed by atoms with Gasteiger partial charge in [0, 0.05) is 17.3 Å². The number of hydrogen-bond acceptors (Lipinski definition) is 4. The lowest BCUT2D eigenvalue weighted by Crippen LogP contribution is -2.46. The van der Waals surface area contributed by atoms with E-state index in [2.05, 4.69) is 45.4 Å². The zero-order chi connectivity index (χ0) is 25.7. The van der Waals surface area contributed by atoms with Crippen molar-refractivity contribution in [2.24, 2.45) is 4.99 Å². The molecular formula is C28H40BrN3O2. The van der Waals surface area contributed by atoms with E-state index in [-0.39, 0.29) is 23.8 Å². The predicted molar refractivity (Wildman–Crippen MR) is 150 cm³/mol. The molecule has 0 saturated heterocycles. The van der Waals surface area contributed by atoms with Gasteiger partial charge in [0.2, 0.25) is 0 Å². The maximum Gasteiger partial charge on any atom is 0.251 e. The number of ketones is 1. The molecule has 2 atom stereocenters. The molecule has 2 aromatic carbocycles. The van der Waals surface area contributed by atoms with E-state index in [1.165, 1.54) is 32.6 Å². The van der Waals surface area contributed by atoms with E-state index in [0.717, 1.165) is 22.5 Å². The van der Waals surface area contributed by atoms with E-state index < -0.39 is 0 Å². The van der Waals surface area contributed by atoms with Crippen molar-refractivity contribution < 1.29 is 9.59 Å². The maximum absolute atomic E-state index is 12.6. The second-order valence-electron chi connectivity index (χ2n) is 8.52. The molecule has 1 amide bonds. The van der Waals surface area contributed by atoms with Gasteiger partial charge >= 0.3 is 0 Å². The zero-order valence-corrected chi connectivity index (χ0v) is 23.3. The number of carbonyl (C=O) groups excluding carboxylic acids is 2. The first-order chi connectivity index (χ1) is 16.3. The Morgan fingerprint density at radius 2 is 1.71 bits per heavy atom. The van der Waals surface area contributed by atoms with E-state index in [0.29, 0.717) is 11.1 Å². The van der Waals surface area contributed by atoms with Crippen molar-refractivity contribution in [3.63, 3.8) is 0 Å². The Morgan fingerprint density at radius 1 is 1.06 bits per heavy atom. The van der Waals surface area contributed by atoms with Gasteiger partial charge in [0.05, 0.1) is 23.5 Å². The van der Waals surface area contributed by atoms with Crippen LogP contribution in [0, 0.1) is 13.8 Å². The van der Waals surface area contributed by atoms with Crippen LogP contribution in [0.25, 0.3) is 0 Å². The number of aryl methyl sites for hydroxylation is 2. The average molecular weight is 531 g/mol. The number of nitrogens with one attached hydrogen (secondary N) is 2. The van der Waals surface area contributed by atoms with Crippen molar-refractivity contribution >= 4 is 45.2 Å². The number of unbranched alkanes of at least 4 members (excludes halogenated alkanes) is 3. The minimum Gasteiger partial charge on any atom is -0.374 e. The molecule has 0 saturated carbocycles. The summed E-state index contributed by atoms with van der Waals surface area (Å²) in [6.45, 7) is 11.8. The third kappa shape index (κ3) is 9.05. The molecule has 1 aliphatic rings. The van der Waals surface area contributed by atoms with Gasteiger partial charge in [0.1, 0.15) is 0 Å². The highest BCUT2D eigenvalue weighted by Gasteiger charge is 2.22. The normalized spacial score (nSPS) is 14.3. The van der Waals surface area contributed by atoms with Gasteiger partial charge in [-0.05, 0) is 68.9 Å². The highest BCUT2D eigenvalue weighted by molar-refractivity contribution is 9.08. The molecule has 0 aromatic heterocycles. The van der Waals surface area contributed by atoms with Gasteiger partial charge in [-0.15, -0.1) is 0 Å². The molecule has 6 heteroatoms. The van der Waals surface area contributed by atoms with Gasteiger partial charge in [-0.3, -0.25) is 14.6 Å². The minimum atomic E-state index is -0.166. The molecule has 0 spiro atoms. The van der Waals surface area contributed by atoms with E-state index in [1.807, 2.05) is 51.0 Å². The van der Waals surface area contributed by atoms with Crippen LogP contribution < -0.4 is 10.6 Å². The lowest BCUT2D eigenvalue weighted by Gasteiger charge is -2.27. The Morgan fingerprint density at radius 3 is 2.26 bits per heavy atom. The zero-order valence-electron chi connectivity index (χ0n) is 21.7. The number of Topliss-reactive ketones (excluding diaryl/α,β-unsaturated/α-hetero) is 1. The first-order valence-electron chi connectivity index (χ1n) is 12.0. The summed E-state index contributed by atoms with van der Waals surface area (Å²) in [5.41, 5.74) is 5.03. The third-order valence-corrected chi connectivity index (χ3v) is 5.57. The van der Waals surface area contributed by atoms with Crippen LogP contribution in [0.4, 0.5) is 11.4 Å². The summed E-state index contributed by atoms with van der Waals surface area (Å²) in [5.74, 6) is 1.65. The number of fused-ring (bicyclic) bond motifs is 1. The number of hydrogen-bond donors (Lipinski definition) is 2. The number of anilines is 1. The van der Waals surface area contributed by atoms with Crippen molar-refractivity contribution in [2.45, 2.75) is 79.3 Å². The number of halogens is 1. The van der Waals surface area contributed by atoms with Crippen LogP contribution in [0.3, 0.4) is 0 Å². The number of amides is 1. The predicted octanol–water partition coefficient (Wildman–Crippen LogP) is 7.42. The SMILES string of the molecule is CBr.CC(=O)c1ccc(C(=O)NC(C)C2C=Nc3cc(C)ccc3N2)cc1C.CCCCCC. The van der Waals surface area contributed by atoms with Gasteiger partial charge in [0.25, 0.3) is 5.91 Å². The van der Waals surface area contributed by atoms with Crippen molar-refractivity contribution in [2.75, 3.05) is 11.1 Å². The van der Waals surface area contributed by atoms with Crippen LogP contribution in [0.5, 0.6) is 0 Å². The summed E-state index contributed by atoms with van der Waals surface area (Å²) in [6, 6.07) is 11.0. The van der Waals surface area contributed by atoms with Crippen LogP contribution in [-0.2, 0) is 0 Å². The van der Waals surface area contributed by atoms with Crippen LogP contribution in [0.15, 0.2) is 41.4 Å². The average Bonchev–Trinajstić information content (AvgIpc) is 2.83. The fourth-order valence-corrected chi connectivity index (χ4v) is 3.58. The van der Waals surface area contributed by atoms with Crippen molar-refractivity contribution in [1.29, 1.82) is 0 Å². The Labute approximate surface area is 214 Å². The number of aliphatic imine (C=N–C) groups is 1. The monoisotopic (exact) mass is 529 g/mol. The standard InChI is InChI=1S/C21H23N3O2.C6H14.CH3Br/c1-12-5-8-18-19(9-12)22-11-20(24-18)14(3)23-21(26)16-6-7-17(15(4)25)13(2)10-16;1-3-5-6-4-2;1-2/h5-11,14,20,24H,1-4H3,(H,23,26);3-6H2,1-2H3;1H3. The molecule has 186 valence electrons. The van der Waals surface area contributed by atoms with Crippen molar-refractivity contribution in [3.05, 3.63) is 58.7 Å². The van der Waals surface area contributed by atoms with E-state index in [9.17, 15) is 9.59 Å². The lowest BCUT2D eigenvalue weighted by molar-refractivity contribution is 0.0937. The van der Waals surface area contributed by atoms with E-state index in [4.69, 9.17) is 0 Å². The summed E-state index contributed by atoms with van der Waals surface area (Å²) in [4.78, 5) is 28.6. The fourth-order valence-electron chi connectivity index (χ4n) is 3.58. The molecule has 3 rings (SSSR count). The summed E-state index contributed by atoms with van der Waals surface area (Å²) in [7, 11) is 0. The first-order valence-corrected chi connectivity index (χ1v) is 13.6. The van der Waals surface area contributed by atoms with Gasteiger partial charge in [0.15, 0.2) is 5.78 Å². The molecule has 0 bridgehead atoms. The quantitative estimate of drug-likeness (QED) is 0.222. The van der Waals surface area contributed by atoms with Gasteiger partial charge in [-0.1, -0.05) is 67.6 Å². The molecule has 0 radical (unpaired) electrons. The second kappa shape index (κ2) is 15.4. The number of nitrogens with zero attached hydrogens (tertiary/aromatic N) is 1. The summed E-state index contributed by atoms with van der Waals surface area (Å²) >= 11 is 2.94. The molecule has 2 aromatic rings. The van der Waals surface area contributed by atoms with E-state index >= 15 is 0 Å². The number of carbonyl (C=O) groups is 2. The van der Waals surface area contributed by atoms with Crippen molar-refractivity contribution in [1.82, 2.24) is 5.32 Å². The fraction of sp³-hybridized carbons (Fsp3) is 0.464. The van der Waals surface area contributed by atoms with Gasteiger partial charge in [-0.25, -0.2) is 0 Å². The minimum absolute atomic E-state index is 0.000606. The van der Waals surface area contributed by atoms with Crippen LogP contribution in [0.1, 0.15) is 85.2 Å². The summed E-state index contributed by atoms with van der Waals surface area (Å²) in [6.07, 6.45) is 7.37. The molecule has 1 heterocycles. The number of benzene rings is 2. The summed E-state index contributed by atoms with van der Waals surface area (Å²) in [5, 5.41) is 6.41. The lowest BCUT2D eigenvalue weighted by atomic mass is 10.0. The van der Waals surface area contributed by atoms with Crippen LogP contribution in [0.2, 0.25) is 0 Å². The second-order valence-corrected chi connectivity index (χ2v) is 8.52. The number of alkyl halides is 1. The topological polar surface area (TPSA) is 70.6 Å². The van der Waals surface area contributed by atoms with Crippen LogP contribution >= 0.6 is 15.9 Å². The Hall–Kier alpha value is -2.47. The number of rotatable bonds is 7. The first kappa shape index (κ1) is 29.6. The largest absolute Gasteiger partial charge is 0.374 e. The smallest absolute Gasteiger partial charge is 0.251 e. The molecule has 5 nitrogen and oxygen atoms in total. The third-order valence-electron chi connectivity index (χ3n) is 5.57. The van der Waals surface area contributed by atoms with Gasteiger partial charge in [-0.2, -0.15) is 0 Å². The molecule has 1 aliphatic heterocycles. The van der Waals surface area contributed by atoms with Crippen LogP contribution in [-0.4, -0.2) is 35.8 Å². The highest BCUT2D eigenvalue weighted by atomic mass is 79.9. The molecular weight excluding hydrogens is 490 g/mol. The molecule has 0 aliphatic carbocycles. The van der Waals surface area contributed by atoms with Gasteiger partial charge < -0.3 is 10.6 Å². The molecule has 2 unspecified atom stereocenters. The Kier molecular flexibility index (Phi) is 13.4. The Balaban J connectivity index is 0.000000631. The molecule has 2 N–H and O–H groups in total. The Bertz CT molecular complexity index is 968.